The Balaban J connectivity index is 1.76. The molecule has 3 aromatic rings. The summed E-state index contributed by atoms with van der Waals surface area (Å²) in [5.41, 5.74) is 3.82. The first-order chi connectivity index (χ1) is 11.7. The number of ether oxygens (including phenoxy) is 2. The number of aromatic nitrogens is 3. The average molecular weight is 319 g/mol. The molecule has 1 unspecified atom stereocenters. The Labute approximate surface area is 140 Å². The third-order valence-corrected chi connectivity index (χ3v) is 3.88. The molecule has 1 aromatic carbocycles. The van der Waals surface area contributed by atoms with E-state index >= 15 is 0 Å². The van der Waals surface area contributed by atoms with E-state index in [9.17, 15) is 0 Å². The maximum atomic E-state index is 5.73. The molecule has 1 atom stereocenters. The normalized spacial score (nSPS) is 16.0. The van der Waals surface area contributed by atoms with Gasteiger partial charge in [-0.3, -0.25) is 0 Å². The second kappa shape index (κ2) is 5.92. The molecular formula is C19H17N3O2. The van der Waals surface area contributed by atoms with Gasteiger partial charge in [-0.1, -0.05) is 36.4 Å². The maximum absolute atomic E-state index is 5.73. The molecule has 0 radical (unpaired) electrons. The van der Waals surface area contributed by atoms with Gasteiger partial charge in [-0.25, -0.2) is 9.97 Å². The molecule has 0 bridgehead atoms. The van der Waals surface area contributed by atoms with Crippen LogP contribution in [0.1, 0.15) is 12.5 Å². The first kappa shape index (κ1) is 14.6. The zero-order chi connectivity index (χ0) is 16.5. The average Bonchev–Trinajstić information content (AvgIpc) is 2.62. The lowest BCUT2D eigenvalue weighted by Gasteiger charge is -2.22. The van der Waals surface area contributed by atoms with Gasteiger partial charge in [-0.15, -0.1) is 0 Å². The van der Waals surface area contributed by atoms with E-state index < -0.39 is 0 Å². The molecule has 5 nitrogen and oxygen atoms in total. The first-order valence-corrected chi connectivity index (χ1v) is 7.90. The van der Waals surface area contributed by atoms with Crippen LogP contribution in [0.3, 0.4) is 0 Å². The number of nitrogens with zero attached hydrogens (tertiary/aromatic N) is 3. The van der Waals surface area contributed by atoms with Crippen molar-refractivity contribution in [2.45, 2.75) is 20.0 Å². The highest BCUT2D eigenvalue weighted by Gasteiger charge is 2.20. The third kappa shape index (κ3) is 2.69. The smallest absolute Gasteiger partial charge is 0.261 e. The van der Waals surface area contributed by atoms with Crippen LogP contribution in [0.4, 0.5) is 0 Å². The van der Waals surface area contributed by atoms with E-state index in [1.165, 1.54) is 0 Å². The Bertz CT molecular complexity index is 881. The van der Waals surface area contributed by atoms with Crippen molar-refractivity contribution in [2.24, 2.45) is 0 Å². The molecular weight excluding hydrogens is 302 g/mol. The lowest BCUT2D eigenvalue weighted by Crippen LogP contribution is -2.26. The van der Waals surface area contributed by atoms with Gasteiger partial charge in [0, 0.05) is 5.56 Å². The molecule has 1 aliphatic rings. The second-order valence-electron chi connectivity index (χ2n) is 5.83. The zero-order valence-corrected chi connectivity index (χ0v) is 13.6. The Hall–Kier alpha value is -2.95. The lowest BCUT2D eigenvalue weighted by atomic mass is 10.1. The van der Waals surface area contributed by atoms with Gasteiger partial charge in [0.05, 0.1) is 11.9 Å². The molecule has 0 amide bonds. The summed E-state index contributed by atoms with van der Waals surface area (Å²) in [4.78, 5) is 13.6. The third-order valence-electron chi connectivity index (χ3n) is 3.88. The predicted molar refractivity (Wildman–Crippen MR) is 91.0 cm³/mol. The molecule has 0 spiro atoms. The van der Waals surface area contributed by atoms with Crippen LogP contribution in [0.25, 0.3) is 22.8 Å². The van der Waals surface area contributed by atoms with Crippen LogP contribution >= 0.6 is 0 Å². The summed E-state index contributed by atoms with van der Waals surface area (Å²) in [6, 6.07) is 14.1. The molecule has 1 aliphatic heterocycles. The number of hydrogen-bond donors (Lipinski definition) is 0. The Morgan fingerprint density at radius 3 is 2.71 bits per heavy atom. The first-order valence-electron chi connectivity index (χ1n) is 7.90. The molecule has 0 saturated carbocycles. The van der Waals surface area contributed by atoms with Crippen molar-refractivity contribution in [3.63, 3.8) is 0 Å². The van der Waals surface area contributed by atoms with Gasteiger partial charge in [0.2, 0.25) is 0 Å². The van der Waals surface area contributed by atoms with Gasteiger partial charge in [0.1, 0.15) is 18.4 Å². The van der Waals surface area contributed by atoms with Crippen LogP contribution < -0.4 is 9.47 Å². The van der Waals surface area contributed by atoms with Crippen molar-refractivity contribution in [1.29, 1.82) is 0 Å². The van der Waals surface area contributed by atoms with Crippen molar-refractivity contribution in [2.75, 3.05) is 6.61 Å². The summed E-state index contributed by atoms with van der Waals surface area (Å²) in [5.74, 6) is 1.58. The number of benzene rings is 1. The number of rotatable bonds is 2. The quantitative estimate of drug-likeness (QED) is 0.721. The van der Waals surface area contributed by atoms with Crippen LogP contribution in [-0.4, -0.2) is 27.7 Å². The summed E-state index contributed by atoms with van der Waals surface area (Å²) in [6.07, 6.45) is 1.62. The SMILES string of the molecule is Cc1ccc(-c2ncc3c(n2)OC(C)CO3)nc1-c1ccccc1. The van der Waals surface area contributed by atoms with Crippen LogP contribution in [0.5, 0.6) is 11.6 Å². The van der Waals surface area contributed by atoms with E-state index in [1.54, 1.807) is 6.20 Å². The monoisotopic (exact) mass is 319 g/mol. The minimum Gasteiger partial charge on any atom is -0.483 e. The molecule has 24 heavy (non-hydrogen) atoms. The summed E-state index contributed by atoms with van der Waals surface area (Å²) in [6.45, 7) is 4.50. The minimum atomic E-state index is -0.0221. The van der Waals surface area contributed by atoms with Crippen molar-refractivity contribution in [3.8, 4) is 34.4 Å². The van der Waals surface area contributed by atoms with E-state index in [0.717, 1.165) is 16.8 Å². The van der Waals surface area contributed by atoms with E-state index in [4.69, 9.17) is 14.5 Å². The number of pyridine rings is 1. The molecule has 0 N–H and O–H groups in total. The Kier molecular flexibility index (Phi) is 3.61. The van der Waals surface area contributed by atoms with Crippen molar-refractivity contribution in [3.05, 3.63) is 54.2 Å². The van der Waals surface area contributed by atoms with E-state index in [-0.39, 0.29) is 6.10 Å². The van der Waals surface area contributed by atoms with Gasteiger partial charge in [0.25, 0.3) is 5.88 Å². The fourth-order valence-corrected chi connectivity index (χ4v) is 2.64. The molecule has 0 saturated heterocycles. The van der Waals surface area contributed by atoms with Crippen LogP contribution in [0.15, 0.2) is 48.7 Å². The second-order valence-corrected chi connectivity index (χ2v) is 5.83. The molecule has 5 heteroatoms. The molecule has 0 aliphatic carbocycles. The summed E-state index contributed by atoms with van der Waals surface area (Å²) in [7, 11) is 0. The highest BCUT2D eigenvalue weighted by atomic mass is 16.6. The van der Waals surface area contributed by atoms with Gasteiger partial charge >= 0.3 is 0 Å². The summed E-state index contributed by atoms with van der Waals surface area (Å²) < 4.78 is 11.3. The molecule has 0 fully saturated rings. The van der Waals surface area contributed by atoms with E-state index in [2.05, 4.69) is 9.97 Å². The highest BCUT2D eigenvalue weighted by molar-refractivity contribution is 5.66. The lowest BCUT2D eigenvalue weighted by molar-refractivity contribution is 0.0972. The van der Waals surface area contributed by atoms with Crippen LogP contribution in [0, 0.1) is 6.92 Å². The van der Waals surface area contributed by atoms with E-state index in [0.29, 0.717) is 29.8 Å². The molecule has 4 rings (SSSR count). The van der Waals surface area contributed by atoms with E-state index in [1.807, 2.05) is 56.3 Å². The van der Waals surface area contributed by atoms with Gasteiger partial charge < -0.3 is 9.47 Å². The summed E-state index contributed by atoms with van der Waals surface area (Å²) in [5, 5.41) is 0. The fraction of sp³-hybridized carbons (Fsp3) is 0.211. The fourth-order valence-electron chi connectivity index (χ4n) is 2.64. The van der Waals surface area contributed by atoms with Gasteiger partial charge in [-0.2, -0.15) is 4.98 Å². The molecule has 120 valence electrons. The summed E-state index contributed by atoms with van der Waals surface area (Å²) >= 11 is 0. The Morgan fingerprint density at radius 2 is 1.88 bits per heavy atom. The van der Waals surface area contributed by atoms with Crippen molar-refractivity contribution >= 4 is 0 Å². The van der Waals surface area contributed by atoms with Crippen molar-refractivity contribution in [1.82, 2.24) is 15.0 Å². The largest absolute Gasteiger partial charge is 0.483 e. The highest BCUT2D eigenvalue weighted by Crippen LogP contribution is 2.31. The number of fused-ring (bicyclic) bond motifs is 1. The number of aryl methyl sites for hydroxylation is 1. The van der Waals surface area contributed by atoms with Gasteiger partial charge in [0.15, 0.2) is 11.6 Å². The van der Waals surface area contributed by atoms with Crippen molar-refractivity contribution < 1.29 is 9.47 Å². The molecule has 3 heterocycles. The number of hydrogen-bond acceptors (Lipinski definition) is 5. The maximum Gasteiger partial charge on any atom is 0.261 e. The predicted octanol–water partition coefficient (Wildman–Crippen LogP) is 3.67. The van der Waals surface area contributed by atoms with Crippen LogP contribution in [0.2, 0.25) is 0 Å². The Morgan fingerprint density at radius 1 is 1.04 bits per heavy atom. The van der Waals surface area contributed by atoms with Gasteiger partial charge in [-0.05, 0) is 25.5 Å². The van der Waals surface area contributed by atoms with Crippen LogP contribution in [-0.2, 0) is 0 Å². The molecule has 2 aromatic heterocycles. The zero-order valence-electron chi connectivity index (χ0n) is 13.6. The minimum absolute atomic E-state index is 0.0221. The standard InChI is InChI=1S/C19H17N3O2/c1-12-8-9-15(21-17(12)14-6-4-3-5-7-14)18-20-10-16-19(22-18)24-13(2)11-23-16/h3-10,13H,11H2,1-2H3. The topological polar surface area (TPSA) is 57.1 Å².